The molecule has 0 rings (SSSR count). The van der Waals surface area contributed by atoms with Gasteiger partial charge in [-0.1, -0.05) is 33.6 Å². The van der Waals surface area contributed by atoms with Gasteiger partial charge >= 0.3 is 0 Å². The maximum atomic E-state index is 11.7. The van der Waals surface area contributed by atoms with Crippen LogP contribution >= 0.6 is 12.4 Å². The molecule has 5 nitrogen and oxygen atoms in total. The van der Waals surface area contributed by atoms with Crippen molar-refractivity contribution < 1.29 is 13.2 Å². The molecule has 1 unspecified atom stereocenters. The second-order valence-corrected chi connectivity index (χ2v) is 7.61. The Bertz CT molecular complexity index is 359. The van der Waals surface area contributed by atoms with Crippen LogP contribution < -0.4 is 11.1 Å². The zero-order valence-corrected chi connectivity index (χ0v) is 14.4. The predicted molar refractivity (Wildman–Crippen MR) is 85.9 cm³/mol. The van der Waals surface area contributed by atoms with Crippen LogP contribution in [0.5, 0.6) is 0 Å². The normalized spacial score (nSPS) is 12.8. The van der Waals surface area contributed by atoms with Crippen LogP contribution in [-0.4, -0.2) is 38.4 Å². The van der Waals surface area contributed by atoms with Crippen molar-refractivity contribution in [3.8, 4) is 0 Å². The first-order valence-electron chi connectivity index (χ1n) is 7.00. The summed E-state index contributed by atoms with van der Waals surface area (Å²) in [7, 11) is -3.29. The second-order valence-electron chi connectivity index (χ2n) is 5.43. The molecule has 1 amide bonds. The van der Waals surface area contributed by atoms with Crippen molar-refractivity contribution in [3.63, 3.8) is 0 Å². The maximum absolute atomic E-state index is 11.7. The minimum Gasteiger partial charge on any atom is -0.351 e. The number of carbonyl (C=O) groups excluding carboxylic acids is 1. The largest absolute Gasteiger partial charge is 0.351 e. The fraction of sp³-hybridized carbons (Fsp3) is 0.923. The molecule has 0 fully saturated rings. The van der Waals surface area contributed by atoms with E-state index in [1.807, 2.05) is 20.8 Å². The van der Waals surface area contributed by atoms with Gasteiger partial charge in [0.1, 0.15) is 5.75 Å². The molecule has 20 heavy (non-hydrogen) atoms. The summed E-state index contributed by atoms with van der Waals surface area (Å²) in [6.07, 6.45) is 3.22. The first-order chi connectivity index (χ1) is 8.80. The molecule has 0 saturated heterocycles. The molecule has 0 aliphatic heterocycles. The lowest BCUT2D eigenvalue weighted by Gasteiger charge is -2.18. The average Bonchev–Trinajstić information content (AvgIpc) is 2.26. The zero-order valence-electron chi connectivity index (χ0n) is 12.7. The molecule has 0 aromatic rings. The lowest BCUT2D eigenvalue weighted by Crippen LogP contribution is -2.43. The Balaban J connectivity index is 0. The Hall–Kier alpha value is -0.330. The summed E-state index contributed by atoms with van der Waals surface area (Å²) < 4.78 is 23.4. The van der Waals surface area contributed by atoms with Crippen LogP contribution in [-0.2, 0) is 14.6 Å². The summed E-state index contributed by atoms with van der Waals surface area (Å²) in [5.74, 6) is -0.362. The van der Waals surface area contributed by atoms with Gasteiger partial charge in [0.15, 0.2) is 9.84 Å². The van der Waals surface area contributed by atoms with E-state index in [4.69, 9.17) is 5.73 Å². The standard InChI is InChI=1S/C13H28N2O3S.ClH/c1-4-5-6-7-19(17,18)10-13(16)15-12(9-14)8-11(2)3;/h11-12H,4-10,14H2,1-3H3,(H,15,16);1H. The highest BCUT2D eigenvalue weighted by molar-refractivity contribution is 7.92. The highest BCUT2D eigenvalue weighted by Crippen LogP contribution is 2.04. The van der Waals surface area contributed by atoms with Crippen molar-refractivity contribution in [2.24, 2.45) is 11.7 Å². The van der Waals surface area contributed by atoms with Crippen LogP contribution in [0.15, 0.2) is 0 Å². The van der Waals surface area contributed by atoms with Gasteiger partial charge in [-0.05, 0) is 18.8 Å². The number of rotatable bonds is 10. The van der Waals surface area contributed by atoms with Crippen LogP contribution in [0.25, 0.3) is 0 Å². The summed E-state index contributed by atoms with van der Waals surface area (Å²) in [6, 6.07) is -0.140. The molecule has 0 spiro atoms. The van der Waals surface area contributed by atoms with E-state index in [0.717, 1.165) is 19.3 Å². The predicted octanol–water partition coefficient (Wildman–Crippen LogP) is 1.50. The lowest BCUT2D eigenvalue weighted by atomic mass is 10.0. The molecule has 0 aromatic carbocycles. The molecular weight excluding hydrogens is 300 g/mol. The average molecular weight is 329 g/mol. The van der Waals surface area contributed by atoms with Gasteiger partial charge in [0.2, 0.25) is 5.91 Å². The molecule has 3 N–H and O–H groups in total. The fourth-order valence-corrected chi connectivity index (χ4v) is 3.17. The quantitative estimate of drug-likeness (QED) is 0.595. The highest BCUT2D eigenvalue weighted by Gasteiger charge is 2.19. The van der Waals surface area contributed by atoms with Gasteiger partial charge in [0.05, 0.1) is 5.75 Å². The number of hydrogen-bond donors (Lipinski definition) is 2. The van der Waals surface area contributed by atoms with Gasteiger partial charge in [-0.15, -0.1) is 12.4 Å². The van der Waals surface area contributed by atoms with E-state index in [1.54, 1.807) is 0 Å². The van der Waals surface area contributed by atoms with Crippen molar-refractivity contribution in [1.82, 2.24) is 5.32 Å². The van der Waals surface area contributed by atoms with Crippen LogP contribution in [0, 0.1) is 5.92 Å². The van der Waals surface area contributed by atoms with Crippen molar-refractivity contribution in [3.05, 3.63) is 0 Å². The molecular formula is C13H29ClN2O3S. The van der Waals surface area contributed by atoms with Gasteiger partial charge in [-0.3, -0.25) is 4.79 Å². The Morgan fingerprint density at radius 3 is 2.30 bits per heavy atom. The third kappa shape index (κ3) is 11.5. The van der Waals surface area contributed by atoms with Crippen molar-refractivity contribution in [1.29, 1.82) is 0 Å². The minimum atomic E-state index is -3.29. The topological polar surface area (TPSA) is 89.3 Å². The van der Waals surface area contributed by atoms with Crippen molar-refractivity contribution >= 4 is 28.2 Å². The molecule has 0 radical (unpaired) electrons. The molecule has 0 bridgehead atoms. The van der Waals surface area contributed by atoms with Crippen molar-refractivity contribution in [2.75, 3.05) is 18.1 Å². The molecule has 0 saturated carbocycles. The van der Waals surface area contributed by atoms with Gasteiger partial charge in [0, 0.05) is 12.6 Å². The zero-order chi connectivity index (χ0) is 14.9. The molecule has 1 atom stereocenters. The van der Waals surface area contributed by atoms with E-state index in [9.17, 15) is 13.2 Å². The Labute approximate surface area is 129 Å². The van der Waals surface area contributed by atoms with E-state index in [2.05, 4.69) is 5.32 Å². The third-order valence-electron chi connectivity index (χ3n) is 2.82. The number of carbonyl (C=O) groups is 1. The van der Waals surface area contributed by atoms with Gasteiger partial charge in [-0.25, -0.2) is 8.42 Å². The molecule has 7 heteroatoms. The van der Waals surface area contributed by atoms with Gasteiger partial charge < -0.3 is 11.1 Å². The van der Waals surface area contributed by atoms with Crippen LogP contribution in [0.2, 0.25) is 0 Å². The summed E-state index contributed by atoms with van der Waals surface area (Å²) in [4.78, 5) is 11.7. The maximum Gasteiger partial charge on any atom is 0.235 e. The van der Waals surface area contributed by atoms with E-state index < -0.39 is 21.5 Å². The van der Waals surface area contributed by atoms with Crippen molar-refractivity contribution in [2.45, 2.75) is 52.5 Å². The first kappa shape index (κ1) is 22.0. The third-order valence-corrected chi connectivity index (χ3v) is 4.43. The van der Waals surface area contributed by atoms with Gasteiger partial charge in [0.25, 0.3) is 0 Å². The second kappa shape index (κ2) is 11.3. The molecule has 0 aromatic heterocycles. The first-order valence-corrected chi connectivity index (χ1v) is 8.82. The van der Waals surface area contributed by atoms with E-state index >= 15 is 0 Å². The van der Waals surface area contributed by atoms with Crippen LogP contribution in [0.3, 0.4) is 0 Å². The number of unbranched alkanes of at least 4 members (excludes halogenated alkanes) is 2. The lowest BCUT2D eigenvalue weighted by molar-refractivity contribution is -0.119. The van der Waals surface area contributed by atoms with Crippen LogP contribution in [0.4, 0.5) is 0 Å². The van der Waals surface area contributed by atoms with E-state index in [0.29, 0.717) is 18.9 Å². The summed E-state index contributed by atoms with van der Waals surface area (Å²) in [6.45, 7) is 6.42. The summed E-state index contributed by atoms with van der Waals surface area (Å²) >= 11 is 0. The number of amides is 1. The Kier molecular flexibility index (Phi) is 12.5. The number of halogens is 1. The highest BCUT2D eigenvalue weighted by atomic mass is 35.5. The number of nitrogens with one attached hydrogen (secondary N) is 1. The van der Waals surface area contributed by atoms with Gasteiger partial charge in [-0.2, -0.15) is 0 Å². The molecule has 122 valence electrons. The van der Waals surface area contributed by atoms with E-state index in [-0.39, 0.29) is 24.2 Å². The fourth-order valence-electron chi connectivity index (χ4n) is 1.90. The molecule has 0 aliphatic rings. The minimum absolute atomic E-state index is 0. The number of nitrogens with two attached hydrogens (primary N) is 1. The smallest absolute Gasteiger partial charge is 0.235 e. The SMILES string of the molecule is CCCCCS(=O)(=O)CC(=O)NC(CN)CC(C)C.Cl. The number of hydrogen-bond acceptors (Lipinski definition) is 4. The van der Waals surface area contributed by atoms with E-state index in [1.165, 1.54) is 0 Å². The monoisotopic (exact) mass is 328 g/mol. The molecule has 0 heterocycles. The Morgan fingerprint density at radius 1 is 1.25 bits per heavy atom. The Morgan fingerprint density at radius 2 is 1.85 bits per heavy atom. The van der Waals surface area contributed by atoms with Crippen LogP contribution in [0.1, 0.15) is 46.5 Å². The summed E-state index contributed by atoms with van der Waals surface area (Å²) in [5.41, 5.74) is 5.57. The number of sulfone groups is 1. The summed E-state index contributed by atoms with van der Waals surface area (Å²) in [5, 5.41) is 2.70. The molecule has 0 aliphatic carbocycles.